The summed E-state index contributed by atoms with van der Waals surface area (Å²) >= 11 is 1.70. The second kappa shape index (κ2) is 6.41. The first-order valence-electron chi connectivity index (χ1n) is 7.61. The average molecular weight is 333 g/mol. The Bertz CT molecular complexity index is 964. The van der Waals surface area contributed by atoms with E-state index in [2.05, 4.69) is 51.5 Å². The second-order valence-corrected chi connectivity index (χ2v) is 6.47. The van der Waals surface area contributed by atoms with Crippen LogP contribution in [0.25, 0.3) is 17.0 Å². The predicted molar refractivity (Wildman–Crippen MR) is 94.8 cm³/mol. The van der Waals surface area contributed by atoms with Gasteiger partial charge in [0.2, 0.25) is 0 Å². The van der Waals surface area contributed by atoms with Crippen molar-refractivity contribution in [3.63, 3.8) is 0 Å². The van der Waals surface area contributed by atoms with Crippen molar-refractivity contribution in [3.8, 4) is 11.4 Å². The molecule has 0 bridgehead atoms. The molecule has 3 aromatic heterocycles. The van der Waals surface area contributed by atoms with E-state index in [-0.39, 0.29) is 0 Å². The number of pyridine rings is 1. The zero-order valence-corrected chi connectivity index (χ0v) is 13.9. The lowest BCUT2D eigenvalue weighted by Gasteiger charge is -2.04. The molecule has 4 aromatic rings. The van der Waals surface area contributed by atoms with Gasteiger partial charge in [0.05, 0.1) is 0 Å². The summed E-state index contributed by atoms with van der Waals surface area (Å²) in [7, 11) is 0. The van der Waals surface area contributed by atoms with Crippen LogP contribution in [0.4, 0.5) is 0 Å². The number of hydrogen-bond donors (Lipinski definition) is 0. The van der Waals surface area contributed by atoms with E-state index in [9.17, 15) is 0 Å². The average Bonchev–Trinajstić information content (AvgIpc) is 3.05. The highest BCUT2D eigenvalue weighted by Crippen LogP contribution is 2.23. The molecule has 1 aromatic carbocycles. The van der Waals surface area contributed by atoms with E-state index < -0.39 is 0 Å². The number of benzene rings is 1. The van der Waals surface area contributed by atoms with Crippen LogP contribution in [0.2, 0.25) is 0 Å². The Morgan fingerprint density at radius 3 is 2.50 bits per heavy atom. The fourth-order valence-electron chi connectivity index (χ4n) is 2.37. The lowest BCUT2D eigenvalue weighted by atomic mass is 10.2. The molecule has 0 amide bonds. The molecule has 4 rings (SSSR count). The van der Waals surface area contributed by atoms with Gasteiger partial charge >= 0.3 is 0 Å². The van der Waals surface area contributed by atoms with Crippen molar-refractivity contribution in [3.05, 3.63) is 72.1 Å². The first-order valence-corrected chi connectivity index (χ1v) is 8.59. The molecule has 118 valence electrons. The third kappa shape index (κ3) is 3.00. The van der Waals surface area contributed by atoms with Crippen LogP contribution in [0.3, 0.4) is 0 Å². The van der Waals surface area contributed by atoms with Crippen LogP contribution in [0.15, 0.2) is 66.0 Å². The zero-order chi connectivity index (χ0) is 16.4. The quantitative estimate of drug-likeness (QED) is 0.532. The van der Waals surface area contributed by atoms with Crippen molar-refractivity contribution < 1.29 is 0 Å². The molecule has 0 N–H and O–H groups in total. The molecule has 6 heteroatoms. The topological polar surface area (TPSA) is 56.0 Å². The van der Waals surface area contributed by atoms with Gasteiger partial charge < -0.3 is 0 Å². The van der Waals surface area contributed by atoms with Crippen LogP contribution >= 0.6 is 11.8 Å². The fraction of sp³-hybridized carbons (Fsp3) is 0.111. The monoisotopic (exact) mass is 333 g/mol. The third-order valence-corrected chi connectivity index (χ3v) is 4.68. The first kappa shape index (κ1) is 14.8. The number of rotatable bonds is 4. The van der Waals surface area contributed by atoms with Gasteiger partial charge in [0.1, 0.15) is 5.03 Å². The highest BCUT2D eigenvalue weighted by molar-refractivity contribution is 7.98. The zero-order valence-electron chi connectivity index (χ0n) is 13.1. The Morgan fingerprint density at radius 1 is 0.917 bits per heavy atom. The van der Waals surface area contributed by atoms with E-state index in [0.29, 0.717) is 0 Å². The van der Waals surface area contributed by atoms with Crippen molar-refractivity contribution in [1.82, 2.24) is 24.8 Å². The minimum Gasteiger partial charge on any atom is -0.265 e. The summed E-state index contributed by atoms with van der Waals surface area (Å²) in [6, 6.07) is 16.3. The van der Waals surface area contributed by atoms with Crippen LogP contribution in [0, 0.1) is 6.92 Å². The SMILES string of the molecule is Cc1ccc(CSc2ccc3nnc(-c4ccncc4)n3n2)cc1. The molecule has 0 saturated heterocycles. The Balaban J connectivity index is 1.61. The van der Waals surface area contributed by atoms with Crippen molar-refractivity contribution in [2.75, 3.05) is 0 Å². The highest BCUT2D eigenvalue weighted by atomic mass is 32.2. The highest BCUT2D eigenvalue weighted by Gasteiger charge is 2.10. The number of hydrogen-bond acceptors (Lipinski definition) is 5. The minimum absolute atomic E-state index is 0.727. The molecule has 24 heavy (non-hydrogen) atoms. The van der Waals surface area contributed by atoms with Crippen molar-refractivity contribution in [1.29, 1.82) is 0 Å². The number of nitrogens with zero attached hydrogens (tertiary/aromatic N) is 5. The first-order chi connectivity index (χ1) is 11.8. The van der Waals surface area contributed by atoms with E-state index in [0.717, 1.165) is 27.8 Å². The second-order valence-electron chi connectivity index (χ2n) is 5.48. The number of aryl methyl sites for hydroxylation is 1. The molecule has 0 radical (unpaired) electrons. The molecule has 0 unspecified atom stereocenters. The van der Waals surface area contributed by atoms with Gasteiger partial charge in [0, 0.05) is 23.7 Å². The van der Waals surface area contributed by atoms with E-state index in [4.69, 9.17) is 0 Å². The van der Waals surface area contributed by atoms with Crippen LogP contribution in [0.1, 0.15) is 11.1 Å². The van der Waals surface area contributed by atoms with Crippen LogP contribution < -0.4 is 0 Å². The summed E-state index contributed by atoms with van der Waals surface area (Å²) in [5.74, 6) is 1.61. The van der Waals surface area contributed by atoms with Gasteiger partial charge in [0.25, 0.3) is 0 Å². The van der Waals surface area contributed by atoms with Gasteiger partial charge in [-0.1, -0.05) is 41.6 Å². The lowest BCUT2D eigenvalue weighted by Crippen LogP contribution is -1.96. The summed E-state index contributed by atoms with van der Waals surface area (Å²) in [5.41, 5.74) is 4.24. The molecule has 0 spiro atoms. The van der Waals surface area contributed by atoms with Gasteiger partial charge in [-0.05, 0) is 36.8 Å². The number of aromatic nitrogens is 5. The van der Waals surface area contributed by atoms with Gasteiger partial charge in [-0.2, -0.15) is 9.61 Å². The maximum absolute atomic E-state index is 4.68. The van der Waals surface area contributed by atoms with Crippen LogP contribution in [-0.2, 0) is 5.75 Å². The summed E-state index contributed by atoms with van der Waals surface area (Å²) in [5, 5.41) is 14.1. The summed E-state index contributed by atoms with van der Waals surface area (Å²) in [4.78, 5) is 4.04. The predicted octanol–water partition coefficient (Wildman–Crippen LogP) is 3.79. The summed E-state index contributed by atoms with van der Waals surface area (Å²) in [6.45, 7) is 2.10. The fourth-order valence-corrected chi connectivity index (χ4v) is 3.18. The van der Waals surface area contributed by atoms with Crippen LogP contribution in [0.5, 0.6) is 0 Å². The number of thioether (sulfide) groups is 1. The summed E-state index contributed by atoms with van der Waals surface area (Å²) < 4.78 is 1.78. The molecule has 0 saturated carbocycles. The summed E-state index contributed by atoms with van der Waals surface area (Å²) in [6.07, 6.45) is 3.48. The van der Waals surface area contributed by atoms with Gasteiger partial charge in [0.15, 0.2) is 11.5 Å². The molecule has 0 fully saturated rings. The van der Waals surface area contributed by atoms with Crippen LogP contribution in [-0.4, -0.2) is 24.8 Å². The normalized spacial score (nSPS) is 11.0. The maximum Gasteiger partial charge on any atom is 0.185 e. The van der Waals surface area contributed by atoms with Crippen molar-refractivity contribution >= 4 is 17.4 Å². The Labute approximate surface area is 143 Å². The van der Waals surface area contributed by atoms with E-state index in [1.807, 2.05) is 24.3 Å². The standard InChI is InChI=1S/C18H15N5S/c1-13-2-4-14(5-3-13)12-24-17-7-6-16-20-21-18(23(16)22-17)15-8-10-19-11-9-15/h2-11H,12H2,1H3. The molecule has 0 aliphatic carbocycles. The molecular formula is C18H15N5S. The Morgan fingerprint density at radius 2 is 1.71 bits per heavy atom. The van der Waals surface area contributed by atoms with Gasteiger partial charge in [-0.3, -0.25) is 4.98 Å². The largest absolute Gasteiger partial charge is 0.265 e. The van der Waals surface area contributed by atoms with E-state index in [1.54, 1.807) is 28.7 Å². The molecule has 3 heterocycles. The lowest BCUT2D eigenvalue weighted by molar-refractivity contribution is 0.860. The number of fused-ring (bicyclic) bond motifs is 1. The Kier molecular flexibility index (Phi) is 3.96. The van der Waals surface area contributed by atoms with Crippen molar-refractivity contribution in [2.24, 2.45) is 0 Å². The smallest absolute Gasteiger partial charge is 0.185 e. The van der Waals surface area contributed by atoms with Gasteiger partial charge in [-0.15, -0.1) is 10.2 Å². The van der Waals surface area contributed by atoms with Gasteiger partial charge in [-0.25, -0.2) is 0 Å². The molecule has 0 atom stereocenters. The molecular weight excluding hydrogens is 318 g/mol. The van der Waals surface area contributed by atoms with E-state index in [1.165, 1.54) is 11.1 Å². The molecule has 5 nitrogen and oxygen atoms in total. The maximum atomic E-state index is 4.68. The van der Waals surface area contributed by atoms with E-state index >= 15 is 0 Å². The van der Waals surface area contributed by atoms with Crippen molar-refractivity contribution in [2.45, 2.75) is 17.7 Å². The third-order valence-electron chi connectivity index (χ3n) is 3.68. The molecule has 0 aliphatic heterocycles. The molecule has 0 aliphatic rings. The Hall–Kier alpha value is -2.73. The minimum atomic E-state index is 0.727.